The zero-order valence-electron chi connectivity index (χ0n) is 16.4. The molecule has 150 valence electrons. The van der Waals surface area contributed by atoms with Gasteiger partial charge in [0.05, 0.1) is 16.5 Å². The van der Waals surface area contributed by atoms with Crippen LogP contribution < -0.4 is 4.90 Å². The van der Waals surface area contributed by atoms with E-state index in [1.54, 1.807) is 24.3 Å². The fourth-order valence-electron chi connectivity index (χ4n) is 4.19. The number of carbonyl (C=O) groups is 1. The van der Waals surface area contributed by atoms with E-state index in [1.807, 2.05) is 17.0 Å². The van der Waals surface area contributed by atoms with Crippen molar-refractivity contribution in [3.63, 3.8) is 0 Å². The highest BCUT2D eigenvalue weighted by molar-refractivity contribution is 7.89. The molecule has 6 nitrogen and oxygen atoms in total. The topological polar surface area (TPSA) is 81.5 Å². The normalized spacial score (nSPS) is 17.0. The summed E-state index contributed by atoms with van der Waals surface area (Å²) >= 11 is 0. The van der Waals surface area contributed by atoms with Crippen molar-refractivity contribution in [3.8, 4) is 6.07 Å². The summed E-state index contributed by atoms with van der Waals surface area (Å²) in [5.74, 6) is -0.0716. The standard InChI is InChI=1S/C22H23N3O3S/c1-16(26)21-8-5-17(15-23)13-22(21)24-9-11-25(12-10-24)29(27,28)20-7-6-18-3-2-4-19(18)14-20/h5-8,13-14H,2-4,9-12H2,1H3. The fourth-order valence-corrected chi connectivity index (χ4v) is 5.66. The predicted molar refractivity (Wildman–Crippen MR) is 111 cm³/mol. The minimum atomic E-state index is -3.54. The molecule has 0 amide bonds. The zero-order chi connectivity index (χ0) is 20.6. The van der Waals surface area contributed by atoms with E-state index < -0.39 is 10.0 Å². The van der Waals surface area contributed by atoms with Crippen LogP contribution in [0.25, 0.3) is 0 Å². The van der Waals surface area contributed by atoms with Crippen LogP contribution in [-0.2, 0) is 22.9 Å². The van der Waals surface area contributed by atoms with Gasteiger partial charge in [-0.2, -0.15) is 9.57 Å². The lowest BCUT2D eigenvalue weighted by atomic mass is 10.0. The van der Waals surface area contributed by atoms with Crippen LogP contribution in [0.5, 0.6) is 0 Å². The number of anilines is 1. The lowest BCUT2D eigenvalue weighted by molar-refractivity contribution is 0.101. The van der Waals surface area contributed by atoms with Gasteiger partial charge < -0.3 is 4.90 Å². The number of hydrogen-bond donors (Lipinski definition) is 0. The number of piperazine rings is 1. The van der Waals surface area contributed by atoms with Crippen molar-refractivity contribution in [2.24, 2.45) is 0 Å². The molecule has 1 aliphatic heterocycles. The van der Waals surface area contributed by atoms with Crippen molar-refractivity contribution in [3.05, 3.63) is 58.7 Å². The molecule has 0 bridgehead atoms. The van der Waals surface area contributed by atoms with Crippen molar-refractivity contribution < 1.29 is 13.2 Å². The van der Waals surface area contributed by atoms with Crippen molar-refractivity contribution in [1.82, 2.24) is 4.31 Å². The molecule has 2 aromatic rings. The number of hydrogen-bond acceptors (Lipinski definition) is 5. The Balaban J connectivity index is 1.54. The minimum absolute atomic E-state index is 0.0716. The van der Waals surface area contributed by atoms with Crippen LogP contribution in [0.4, 0.5) is 5.69 Å². The first-order chi connectivity index (χ1) is 13.9. The van der Waals surface area contributed by atoms with Crippen LogP contribution in [0.3, 0.4) is 0 Å². The van der Waals surface area contributed by atoms with Gasteiger partial charge in [-0.3, -0.25) is 4.79 Å². The van der Waals surface area contributed by atoms with E-state index in [0.29, 0.717) is 47.9 Å². The SMILES string of the molecule is CC(=O)c1ccc(C#N)cc1N1CCN(S(=O)(=O)c2ccc3c(c2)CCC3)CC1. The molecule has 0 unspecified atom stereocenters. The molecule has 4 rings (SSSR count). The van der Waals surface area contributed by atoms with Gasteiger partial charge in [0.25, 0.3) is 0 Å². The van der Waals surface area contributed by atoms with E-state index in [0.717, 1.165) is 24.8 Å². The molecule has 0 radical (unpaired) electrons. The molecule has 29 heavy (non-hydrogen) atoms. The highest BCUT2D eigenvalue weighted by atomic mass is 32.2. The van der Waals surface area contributed by atoms with E-state index in [1.165, 1.54) is 16.8 Å². The number of nitrogens with zero attached hydrogens (tertiary/aromatic N) is 3. The highest BCUT2D eigenvalue weighted by Gasteiger charge is 2.30. The summed E-state index contributed by atoms with van der Waals surface area (Å²) in [7, 11) is -3.54. The summed E-state index contributed by atoms with van der Waals surface area (Å²) in [6, 6.07) is 12.6. The van der Waals surface area contributed by atoms with Gasteiger partial charge in [0.1, 0.15) is 0 Å². The molecule has 0 saturated carbocycles. The van der Waals surface area contributed by atoms with Crippen LogP contribution in [0, 0.1) is 11.3 Å². The van der Waals surface area contributed by atoms with E-state index in [-0.39, 0.29) is 5.78 Å². The first-order valence-electron chi connectivity index (χ1n) is 9.82. The lowest BCUT2D eigenvalue weighted by Gasteiger charge is -2.36. The smallest absolute Gasteiger partial charge is 0.243 e. The number of nitriles is 1. The maximum absolute atomic E-state index is 13.1. The first-order valence-corrected chi connectivity index (χ1v) is 11.3. The summed E-state index contributed by atoms with van der Waals surface area (Å²) in [4.78, 5) is 14.3. The second kappa shape index (κ2) is 7.62. The number of rotatable bonds is 4. The van der Waals surface area contributed by atoms with Crippen molar-refractivity contribution >= 4 is 21.5 Å². The largest absolute Gasteiger partial charge is 0.368 e. The van der Waals surface area contributed by atoms with E-state index >= 15 is 0 Å². The molecular formula is C22H23N3O3S. The van der Waals surface area contributed by atoms with E-state index in [2.05, 4.69) is 6.07 Å². The Morgan fingerprint density at radius 3 is 2.41 bits per heavy atom. The minimum Gasteiger partial charge on any atom is -0.368 e. The second-order valence-corrected chi connectivity index (χ2v) is 9.51. The number of fused-ring (bicyclic) bond motifs is 1. The maximum Gasteiger partial charge on any atom is 0.243 e. The van der Waals surface area contributed by atoms with Crippen molar-refractivity contribution in [1.29, 1.82) is 5.26 Å². The quantitative estimate of drug-likeness (QED) is 0.726. The third-order valence-electron chi connectivity index (χ3n) is 5.79. The van der Waals surface area contributed by atoms with Gasteiger partial charge in [-0.15, -0.1) is 0 Å². The van der Waals surface area contributed by atoms with Crippen LogP contribution in [0.15, 0.2) is 41.3 Å². The van der Waals surface area contributed by atoms with Gasteiger partial charge in [-0.1, -0.05) is 6.07 Å². The van der Waals surface area contributed by atoms with Crippen molar-refractivity contribution in [2.45, 2.75) is 31.1 Å². The molecule has 1 heterocycles. The molecule has 0 atom stereocenters. The maximum atomic E-state index is 13.1. The monoisotopic (exact) mass is 409 g/mol. The zero-order valence-corrected chi connectivity index (χ0v) is 17.2. The Bertz CT molecular complexity index is 1110. The lowest BCUT2D eigenvalue weighted by Crippen LogP contribution is -2.49. The molecule has 0 N–H and O–H groups in total. The number of ketones is 1. The summed E-state index contributed by atoms with van der Waals surface area (Å²) in [6.45, 7) is 3.12. The summed E-state index contributed by atoms with van der Waals surface area (Å²) in [5, 5.41) is 9.19. The molecule has 0 spiro atoms. The second-order valence-electron chi connectivity index (χ2n) is 7.58. The van der Waals surface area contributed by atoms with Crippen molar-refractivity contribution in [2.75, 3.05) is 31.1 Å². The Hall–Kier alpha value is -2.69. The van der Waals surface area contributed by atoms with Gasteiger partial charge in [0, 0.05) is 37.4 Å². The number of aryl methyl sites for hydroxylation is 2. The molecule has 1 saturated heterocycles. The molecule has 2 aromatic carbocycles. The Morgan fingerprint density at radius 2 is 1.72 bits per heavy atom. The number of sulfonamides is 1. The number of Topliss-reactive ketones (excluding diaryl/α,β-unsaturated/α-hetero) is 1. The summed E-state index contributed by atoms with van der Waals surface area (Å²) in [5.41, 5.74) is 4.13. The molecule has 0 aromatic heterocycles. The third-order valence-corrected chi connectivity index (χ3v) is 7.69. The third kappa shape index (κ3) is 3.66. The van der Waals surface area contributed by atoms with Crippen LogP contribution >= 0.6 is 0 Å². The summed E-state index contributed by atoms with van der Waals surface area (Å²) < 4.78 is 27.7. The van der Waals surface area contributed by atoms with Gasteiger partial charge in [-0.05, 0) is 67.6 Å². The van der Waals surface area contributed by atoms with E-state index in [4.69, 9.17) is 0 Å². The Morgan fingerprint density at radius 1 is 1.00 bits per heavy atom. The van der Waals surface area contributed by atoms with Gasteiger partial charge in [-0.25, -0.2) is 8.42 Å². The Kier molecular flexibility index (Phi) is 5.15. The van der Waals surface area contributed by atoms with Crippen LogP contribution in [0.2, 0.25) is 0 Å². The van der Waals surface area contributed by atoms with Gasteiger partial charge >= 0.3 is 0 Å². The fraction of sp³-hybridized carbons (Fsp3) is 0.364. The highest BCUT2D eigenvalue weighted by Crippen LogP contribution is 2.28. The van der Waals surface area contributed by atoms with Gasteiger partial charge in [0.2, 0.25) is 10.0 Å². The Labute approximate surface area is 171 Å². The molecule has 2 aliphatic rings. The number of carbonyl (C=O) groups excluding carboxylic acids is 1. The molecule has 7 heteroatoms. The van der Waals surface area contributed by atoms with E-state index in [9.17, 15) is 18.5 Å². The molecule has 1 aliphatic carbocycles. The predicted octanol–water partition coefficient (Wildman–Crippen LogP) is 2.76. The number of benzene rings is 2. The average Bonchev–Trinajstić information content (AvgIpc) is 3.21. The molecule has 1 fully saturated rings. The summed E-state index contributed by atoms with van der Waals surface area (Å²) in [6.07, 6.45) is 3.04. The first kappa shape index (κ1) is 19.6. The van der Waals surface area contributed by atoms with Crippen LogP contribution in [-0.4, -0.2) is 44.7 Å². The van der Waals surface area contributed by atoms with Gasteiger partial charge in [0.15, 0.2) is 5.78 Å². The molecular weight excluding hydrogens is 386 g/mol. The van der Waals surface area contributed by atoms with Crippen LogP contribution in [0.1, 0.15) is 40.4 Å². The average molecular weight is 410 g/mol.